The molecule has 0 unspecified atom stereocenters. The molecular weight excluding hydrogens is 226 g/mol. The predicted molar refractivity (Wildman–Crippen MR) is 73.7 cm³/mol. The van der Waals surface area contributed by atoms with Crippen molar-refractivity contribution >= 4 is 11.1 Å². The Bertz CT molecular complexity index is 531. The third-order valence-corrected chi connectivity index (χ3v) is 3.15. The summed E-state index contributed by atoms with van der Waals surface area (Å²) in [5.74, 6) is 0.716. The molecule has 1 aromatic carbocycles. The molecule has 18 heavy (non-hydrogen) atoms. The van der Waals surface area contributed by atoms with Crippen molar-refractivity contribution < 1.29 is 4.42 Å². The van der Waals surface area contributed by atoms with Crippen molar-refractivity contribution in [2.45, 2.75) is 26.2 Å². The Morgan fingerprint density at radius 2 is 2.11 bits per heavy atom. The third-order valence-electron chi connectivity index (χ3n) is 3.15. The Labute approximate surface area is 108 Å². The minimum atomic E-state index is 0.0612. The van der Waals surface area contributed by atoms with Crippen LogP contribution in [-0.2, 0) is 5.41 Å². The van der Waals surface area contributed by atoms with Gasteiger partial charge in [0.15, 0.2) is 11.5 Å². The standard InChI is InChI=1S/C14H21N3O/c1-10-17-12-6-5-11(7-13(12)18-10)14(2,3)8-16-9-15-4/h5-7,15-16H,8-9H2,1-4H3. The molecule has 0 aliphatic rings. The van der Waals surface area contributed by atoms with Crippen molar-refractivity contribution in [1.29, 1.82) is 0 Å². The Morgan fingerprint density at radius 3 is 2.83 bits per heavy atom. The van der Waals surface area contributed by atoms with Crippen LogP contribution in [-0.4, -0.2) is 25.2 Å². The van der Waals surface area contributed by atoms with Crippen molar-refractivity contribution in [2.75, 3.05) is 20.3 Å². The summed E-state index contributed by atoms with van der Waals surface area (Å²) >= 11 is 0. The molecule has 0 saturated heterocycles. The van der Waals surface area contributed by atoms with E-state index in [2.05, 4.69) is 41.6 Å². The van der Waals surface area contributed by atoms with Crippen molar-refractivity contribution in [1.82, 2.24) is 15.6 Å². The van der Waals surface area contributed by atoms with E-state index in [1.165, 1.54) is 5.56 Å². The normalized spacial score (nSPS) is 12.2. The quantitative estimate of drug-likeness (QED) is 0.628. The van der Waals surface area contributed by atoms with Gasteiger partial charge in [0.2, 0.25) is 0 Å². The topological polar surface area (TPSA) is 50.1 Å². The molecule has 0 spiro atoms. The van der Waals surface area contributed by atoms with Gasteiger partial charge >= 0.3 is 0 Å². The van der Waals surface area contributed by atoms with Gasteiger partial charge in [-0.3, -0.25) is 0 Å². The average Bonchev–Trinajstić information content (AvgIpc) is 2.68. The van der Waals surface area contributed by atoms with E-state index in [1.54, 1.807) is 0 Å². The zero-order valence-corrected chi connectivity index (χ0v) is 11.5. The Balaban J connectivity index is 2.23. The molecule has 0 radical (unpaired) electrons. The fourth-order valence-electron chi connectivity index (χ4n) is 2.06. The Kier molecular flexibility index (Phi) is 3.68. The molecule has 0 fully saturated rings. The van der Waals surface area contributed by atoms with Crippen molar-refractivity contribution in [2.24, 2.45) is 0 Å². The molecule has 1 aromatic heterocycles. The van der Waals surface area contributed by atoms with Gasteiger partial charge in [0.25, 0.3) is 0 Å². The van der Waals surface area contributed by atoms with Gasteiger partial charge in [-0.15, -0.1) is 0 Å². The fourth-order valence-corrected chi connectivity index (χ4v) is 2.06. The van der Waals surface area contributed by atoms with E-state index < -0.39 is 0 Å². The second-order valence-electron chi connectivity index (χ2n) is 5.26. The largest absolute Gasteiger partial charge is 0.441 e. The molecule has 0 aliphatic carbocycles. The summed E-state index contributed by atoms with van der Waals surface area (Å²) in [6.07, 6.45) is 0. The van der Waals surface area contributed by atoms with Crippen LogP contribution >= 0.6 is 0 Å². The van der Waals surface area contributed by atoms with Crippen molar-refractivity contribution in [3.05, 3.63) is 29.7 Å². The van der Waals surface area contributed by atoms with Gasteiger partial charge in [-0.1, -0.05) is 19.9 Å². The van der Waals surface area contributed by atoms with E-state index in [4.69, 9.17) is 4.42 Å². The van der Waals surface area contributed by atoms with Crippen LogP contribution in [0.5, 0.6) is 0 Å². The van der Waals surface area contributed by atoms with Gasteiger partial charge in [-0.25, -0.2) is 4.98 Å². The number of fused-ring (bicyclic) bond motifs is 1. The van der Waals surface area contributed by atoms with Crippen LogP contribution in [0.15, 0.2) is 22.6 Å². The lowest BCUT2D eigenvalue weighted by atomic mass is 9.84. The van der Waals surface area contributed by atoms with Crippen LogP contribution in [0.1, 0.15) is 25.3 Å². The zero-order chi connectivity index (χ0) is 13.2. The average molecular weight is 247 g/mol. The molecule has 2 rings (SSSR count). The lowest BCUT2D eigenvalue weighted by Gasteiger charge is -2.25. The summed E-state index contributed by atoms with van der Waals surface area (Å²) in [4.78, 5) is 4.32. The molecule has 1 heterocycles. The second-order valence-corrected chi connectivity index (χ2v) is 5.26. The molecule has 0 saturated carbocycles. The molecule has 0 aliphatic heterocycles. The van der Waals surface area contributed by atoms with E-state index >= 15 is 0 Å². The van der Waals surface area contributed by atoms with E-state index in [9.17, 15) is 0 Å². The number of oxazole rings is 1. The highest BCUT2D eigenvalue weighted by atomic mass is 16.3. The monoisotopic (exact) mass is 247 g/mol. The van der Waals surface area contributed by atoms with Gasteiger partial charge in [0, 0.05) is 25.6 Å². The maximum Gasteiger partial charge on any atom is 0.192 e. The molecule has 4 heteroatoms. The maximum absolute atomic E-state index is 5.59. The number of nitrogens with one attached hydrogen (secondary N) is 2. The first-order chi connectivity index (χ1) is 8.53. The van der Waals surface area contributed by atoms with Crippen LogP contribution in [0.2, 0.25) is 0 Å². The van der Waals surface area contributed by atoms with E-state index in [1.807, 2.05) is 20.0 Å². The second kappa shape index (κ2) is 5.08. The number of hydrogen-bond donors (Lipinski definition) is 2. The van der Waals surface area contributed by atoms with Gasteiger partial charge in [-0.05, 0) is 24.7 Å². The van der Waals surface area contributed by atoms with Crippen LogP contribution in [0.25, 0.3) is 11.1 Å². The van der Waals surface area contributed by atoms with Crippen LogP contribution in [0.3, 0.4) is 0 Å². The molecule has 0 amide bonds. The van der Waals surface area contributed by atoms with Gasteiger partial charge in [0.1, 0.15) is 5.52 Å². The van der Waals surface area contributed by atoms with E-state index in [-0.39, 0.29) is 5.41 Å². The predicted octanol–water partition coefficient (Wildman–Crippen LogP) is 2.18. The smallest absolute Gasteiger partial charge is 0.192 e. The minimum Gasteiger partial charge on any atom is -0.441 e. The summed E-state index contributed by atoms with van der Waals surface area (Å²) in [5, 5.41) is 6.45. The fraction of sp³-hybridized carbons (Fsp3) is 0.500. The molecule has 4 nitrogen and oxygen atoms in total. The van der Waals surface area contributed by atoms with Gasteiger partial charge in [-0.2, -0.15) is 0 Å². The SMILES string of the molecule is CNCNCC(C)(C)c1ccc2nc(C)oc2c1. The number of nitrogens with zero attached hydrogens (tertiary/aromatic N) is 1. The number of aryl methyl sites for hydroxylation is 1. The van der Waals surface area contributed by atoms with Crippen LogP contribution in [0.4, 0.5) is 0 Å². The molecular formula is C14H21N3O. The van der Waals surface area contributed by atoms with E-state index in [0.29, 0.717) is 5.89 Å². The first kappa shape index (κ1) is 13.1. The molecule has 0 bridgehead atoms. The highest BCUT2D eigenvalue weighted by Gasteiger charge is 2.21. The third kappa shape index (κ3) is 2.71. The van der Waals surface area contributed by atoms with Gasteiger partial charge < -0.3 is 15.1 Å². The van der Waals surface area contributed by atoms with Crippen LogP contribution < -0.4 is 10.6 Å². The molecule has 2 aromatic rings. The first-order valence-electron chi connectivity index (χ1n) is 6.26. The lowest BCUT2D eigenvalue weighted by molar-refractivity contribution is 0.460. The maximum atomic E-state index is 5.59. The van der Waals surface area contributed by atoms with Crippen molar-refractivity contribution in [3.63, 3.8) is 0 Å². The summed E-state index contributed by atoms with van der Waals surface area (Å²) in [6.45, 7) is 8.04. The first-order valence-corrected chi connectivity index (χ1v) is 6.26. The Hall–Kier alpha value is -1.39. The molecule has 0 atom stereocenters. The van der Waals surface area contributed by atoms with E-state index in [0.717, 1.165) is 24.3 Å². The number of rotatable bonds is 5. The van der Waals surface area contributed by atoms with Gasteiger partial charge in [0.05, 0.1) is 0 Å². The summed E-state index contributed by atoms with van der Waals surface area (Å²) in [7, 11) is 1.93. The lowest BCUT2D eigenvalue weighted by Crippen LogP contribution is -2.37. The Morgan fingerprint density at radius 1 is 1.33 bits per heavy atom. The highest BCUT2D eigenvalue weighted by molar-refractivity contribution is 5.73. The molecule has 2 N–H and O–H groups in total. The number of benzene rings is 1. The number of hydrogen-bond acceptors (Lipinski definition) is 4. The summed E-state index contributed by atoms with van der Waals surface area (Å²) in [5.41, 5.74) is 3.11. The summed E-state index contributed by atoms with van der Waals surface area (Å²) in [6, 6.07) is 6.25. The van der Waals surface area contributed by atoms with Crippen molar-refractivity contribution in [3.8, 4) is 0 Å². The minimum absolute atomic E-state index is 0.0612. The summed E-state index contributed by atoms with van der Waals surface area (Å²) < 4.78 is 5.59. The number of aromatic nitrogens is 1. The van der Waals surface area contributed by atoms with Crippen LogP contribution in [0, 0.1) is 6.92 Å². The molecule has 98 valence electrons. The highest BCUT2D eigenvalue weighted by Crippen LogP contribution is 2.26. The zero-order valence-electron chi connectivity index (χ0n) is 11.5.